The number of morpholine rings is 1. The van der Waals surface area contributed by atoms with Gasteiger partial charge in [0.25, 0.3) is 0 Å². The summed E-state index contributed by atoms with van der Waals surface area (Å²) in [6.07, 6.45) is 16.5. The Balaban J connectivity index is 1.52. The first-order chi connectivity index (χ1) is 12.8. The van der Waals surface area contributed by atoms with Crippen molar-refractivity contribution >= 4 is 17.3 Å². The van der Waals surface area contributed by atoms with Crippen LogP contribution in [0.3, 0.4) is 0 Å². The van der Waals surface area contributed by atoms with E-state index >= 15 is 0 Å². The van der Waals surface area contributed by atoms with Crippen molar-refractivity contribution in [2.24, 2.45) is 5.92 Å². The maximum atomic E-state index is 5.89. The van der Waals surface area contributed by atoms with Crippen molar-refractivity contribution in [3.05, 3.63) is 12.2 Å². The molecule has 3 aliphatic rings. The summed E-state index contributed by atoms with van der Waals surface area (Å²) in [5, 5.41) is 4.73. The predicted octanol–water partition coefficient (Wildman–Crippen LogP) is 3.57. The monoisotopic (exact) mass is 379 g/mol. The van der Waals surface area contributed by atoms with Gasteiger partial charge in [0.1, 0.15) is 0 Å². The summed E-state index contributed by atoms with van der Waals surface area (Å²) in [5.41, 5.74) is 0. The van der Waals surface area contributed by atoms with Crippen molar-refractivity contribution in [2.45, 2.75) is 63.8 Å². The fourth-order valence-corrected chi connectivity index (χ4v) is 4.72. The van der Waals surface area contributed by atoms with Crippen LogP contribution in [0.25, 0.3) is 0 Å². The molecule has 0 radical (unpaired) electrons. The van der Waals surface area contributed by atoms with Crippen molar-refractivity contribution in [3.63, 3.8) is 0 Å². The highest BCUT2D eigenvalue weighted by Gasteiger charge is 2.21. The molecule has 0 aromatic rings. The number of thiocarbonyl (C=S) groups is 1. The zero-order chi connectivity index (χ0) is 18.0. The van der Waals surface area contributed by atoms with E-state index in [4.69, 9.17) is 17.0 Å². The van der Waals surface area contributed by atoms with Crippen LogP contribution in [0, 0.1) is 5.92 Å². The first-order valence-electron chi connectivity index (χ1n) is 10.8. The highest BCUT2D eigenvalue weighted by molar-refractivity contribution is 7.80. The average molecular weight is 380 g/mol. The second-order valence-electron chi connectivity index (χ2n) is 8.19. The third-order valence-corrected chi connectivity index (χ3v) is 6.49. The van der Waals surface area contributed by atoms with Gasteiger partial charge in [0, 0.05) is 38.8 Å². The molecule has 1 N–H and O–H groups in total. The van der Waals surface area contributed by atoms with Crippen LogP contribution >= 0.6 is 12.2 Å². The Morgan fingerprint density at radius 3 is 2.54 bits per heavy atom. The number of hydrogen-bond acceptors (Lipinski definition) is 3. The number of allylic oxidation sites excluding steroid dienone is 2. The molecule has 1 heterocycles. The summed E-state index contributed by atoms with van der Waals surface area (Å²) in [6.45, 7) is 7.10. The fourth-order valence-electron chi connectivity index (χ4n) is 4.39. The van der Waals surface area contributed by atoms with Crippen LogP contribution in [0.5, 0.6) is 0 Å². The maximum Gasteiger partial charge on any atom is 0.169 e. The lowest BCUT2D eigenvalue weighted by Crippen LogP contribution is -2.49. The normalized spacial score (nSPS) is 25.6. The summed E-state index contributed by atoms with van der Waals surface area (Å²) in [6, 6.07) is 0.585. The maximum absolute atomic E-state index is 5.89. The lowest BCUT2D eigenvalue weighted by Gasteiger charge is -2.35. The summed E-state index contributed by atoms with van der Waals surface area (Å²) in [7, 11) is 0. The minimum atomic E-state index is 0.585. The minimum Gasteiger partial charge on any atom is -0.379 e. The molecule has 2 aliphatic carbocycles. The molecule has 0 aromatic carbocycles. The lowest BCUT2D eigenvalue weighted by molar-refractivity contribution is 0.0354. The summed E-state index contributed by atoms with van der Waals surface area (Å²) in [4.78, 5) is 4.99. The van der Waals surface area contributed by atoms with Gasteiger partial charge < -0.3 is 15.0 Å². The van der Waals surface area contributed by atoms with Crippen LogP contribution in [-0.2, 0) is 4.74 Å². The second kappa shape index (κ2) is 11.3. The van der Waals surface area contributed by atoms with E-state index in [0.717, 1.165) is 57.0 Å². The van der Waals surface area contributed by atoms with Gasteiger partial charge in [-0.25, -0.2) is 0 Å². The van der Waals surface area contributed by atoms with Crippen LogP contribution in [0.4, 0.5) is 0 Å². The Morgan fingerprint density at radius 1 is 1.08 bits per heavy atom. The molecule has 4 nitrogen and oxygen atoms in total. The van der Waals surface area contributed by atoms with Gasteiger partial charge in [-0.1, -0.05) is 37.8 Å². The van der Waals surface area contributed by atoms with Crippen LogP contribution in [0.1, 0.15) is 57.8 Å². The van der Waals surface area contributed by atoms with Gasteiger partial charge in [0.15, 0.2) is 5.11 Å². The SMILES string of the molecule is S=C(NC1CCCCCC1)N(CCN1CCOCC1)C[C@@H]1CC=CCC1. The van der Waals surface area contributed by atoms with Gasteiger partial charge in [-0.05, 0) is 50.2 Å². The van der Waals surface area contributed by atoms with Gasteiger partial charge in [-0.2, -0.15) is 0 Å². The molecular formula is C21H37N3OS. The predicted molar refractivity (Wildman–Crippen MR) is 113 cm³/mol. The molecule has 0 amide bonds. The Bertz CT molecular complexity index is 443. The lowest BCUT2D eigenvalue weighted by atomic mass is 9.94. The van der Waals surface area contributed by atoms with E-state index in [1.54, 1.807) is 0 Å². The average Bonchev–Trinajstić information content (AvgIpc) is 2.95. The minimum absolute atomic E-state index is 0.585. The molecule has 0 bridgehead atoms. The molecule has 1 saturated heterocycles. The molecule has 148 valence electrons. The van der Waals surface area contributed by atoms with Crippen molar-refractivity contribution in [1.29, 1.82) is 0 Å². The molecule has 2 fully saturated rings. The van der Waals surface area contributed by atoms with Gasteiger partial charge in [-0.15, -0.1) is 0 Å². The molecule has 1 atom stereocenters. The third-order valence-electron chi connectivity index (χ3n) is 6.12. The first-order valence-corrected chi connectivity index (χ1v) is 11.2. The summed E-state index contributed by atoms with van der Waals surface area (Å²) < 4.78 is 5.49. The van der Waals surface area contributed by atoms with Gasteiger partial charge >= 0.3 is 0 Å². The van der Waals surface area contributed by atoms with Crippen molar-refractivity contribution < 1.29 is 4.74 Å². The standard InChI is InChI=1S/C21H37N3OS/c26-21(22-20-10-6-1-2-7-11-20)24(18-19-8-4-3-5-9-19)13-12-23-14-16-25-17-15-23/h3-4,19-20H,1-2,5-18H2,(H,22,26)/t19-/m1/s1. The van der Waals surface area contributed by atoms with E-state index in [2.05, 4.69) is 27.3 Å². The Kier molecular flexibility index (Phi) is 8.70. The second-order valence-corrected chi connectivity index (χ2v) is 8.58. The van der Waals surface area contributed by atoms with E-state index in [9.17, 15) is 0 Å². The molecule has 1 saturated carbocycles. The van der Waals surface area contributed by atoms with Crippen molar-refractivity contribution in [2.75, 3.05) is 45.9 Å². The molecular weight excluding hydrogens is 342 g/mol. The van der Waals surface area contributed by atoms with Crippen LogP contribution < -0.4 is 5.32 Å². The van der Waals surface area contributed by atoms with E-state index in [-0.39, 0.29) is 0 Å². The molecule has 0 spiro atoms. The van der Waals surface area contributed by atoms with Gasteiger partial charge in [-0.3, -0.25) is 4.90 Å². The van der Waals surface area contributed by atoms with Crippen LogP contribution in [0.15, 0.2) is 12.2 Å². The molecule has 0 aromatic heterocycles. The zero-order valence-corrected chi connectivity index (χ0v) is 17.2. The Morgan fingerprint density at radius 2 is 1.85 bits per heavy atom. The zero-order valence-electron chi connectivity index (χ0n) is 16.3. The molecule has 5 heteroatoms. The number of nitrogens with one attached hydrogen (secondary N) is 1. The highest BCUT2D eigenvalue weighted by Crippen LogP contribution is 2.21. The van der Waals surface area contributed by atoms with E-state index in [1.165, 1.54) is 57.8 Å². The number of hydrogen-bond donors (Lipinski definition) is 1. The van der Waals surface area contributed by atoms with E-state index in [0.29, 0.717) is 6.04 Å². The van der Waals surface area contributed by atoms with Gasteiger partial charge in [0.2, 0.25) is 0 Å². The topological polar surface area (TPSA) is 27.7 Å². The van der Waals surface area contributed by atoms with Crippen LogP contribution in [0.2, 0.25) is 0 Å². The molecule has 0 unspecified atom stereocenters. The molecule has 26 heavy (non-hydrogen) atoms. The van der Waals surface area contributed by atoms with Crippen LogP contribution in [-0.4, -0.2) is 66.9 Å². The number of ether oxygens (including phenoxy) is 1. The Hall–Kier alpha value is -0.650. The quantitative estimate of drug-likeness (QED) is 0.433. The fraction of sp³-hybridized carbons (Fsp3) is 0.857. The smallest absolute Gasteiger partial charge is 0.169 e. The molecule has 1 aliphatic heterocycles. The summed E-state index contributed by atoms with van der Waals surface area (Å²) >= 11 is 5.89. The van der Waals surface area contributed by atoms with E-state index in [1.807, 2.05) is 0 Å². The van der Waals surface area contributed by atoms with E-state index < -0.39 is 0 Å². The highest BCUT2D eigenvalue weighted by atomic mass is 32.1. The summed E-state index contributed by atoms with van der Waals surface area (Å²) in [5.74, 6) is 0.749. The first kappa shape index (κ1) is 20.1. The van der Waals surface area contributed by atoms with Crippen molar-refractivity contribution in [3.8, 4) is 0 Å². The molecule has 3 rings (SSSR count). The number of rotatable bonds is 6. The van der Waals surface area contributed by atoms with Gasteiger partial charge in [0.05, 0.1) is 13.2 Å². The third kappa shape index (κ3) is 6.82. The largest absolute Gasteiger partial charge is 0.379 e. The Labute approximate surface area is 165 Å². The van der Waals surface area contributed by atoms with Crippen molar-refractivity contribution in [1.82, 2.24) is 15.1 Å². The number of nitrogens with zero attached hydrogens (tertiary/aromatic N) is 2.